The average Bonchev–Trinajstić information content (AvgIpc) is 2.02. The lowest BCUT2D eigenvalue weighted by Gasteiger charge is -2.23. The molecule has 0 aromatic rings. The quantitative estimate of drug-likeness (QED) is 0.616. The molecule has 0 aromatic carbocycles. The van der Waals surface area contributed by atoms with Crippen molar-refractivity contribution in [2.24, 2.45) is 17.8 Å². The molecule has 0 aliphatic carbocycles. The Morgan fingerprint density at radius 3 is 1.83 bits per heavy atom. The van der Waals surface area contributed by atoms with Crippen molar-refractivity contribution in [3.63, 3.8) is 0 Å². The fraction of sp³-hybridized carbons (Fsp3) is 1.00. The van der Waals surface area contributed by atoms with Crippen LogP contribution in [0.5, 0.6) is 0 Å². The van der Waals surface area contributed by atoms with E-state index in [0.717, 1.165) is 17.8 Å². The predicted molar refractivity (Wildman–Crippen MR) is 60.8 cm³/mol. The van der Waals surface area contributed by atoms with Gasteiger partial charge in [0.05, 0.1) is 0 Å². The van der Waals surface area contributed by atoms with Crippen LogP contribution in [0.1, 0.15) is 47.5 Å². The first-order valence-electron chi connectivity index (χ1n) is 5.13. The van der Waals surface area contributed by atoms with E-state index in [1.54, 1.807) is 0 Å². The number of alkyl halides is 1. The predicted octanol–water partition coefficient (Wildman–Crippen LogP) is 4.48. The second-order valence-corrected chi connectivity index (χ2v) is 5.53. The zero-order chi connectivity index (χ0) is 9.72. The van der Waals surface area contributed by atoms with E-state index >= 15 is 0 Å². The Morgan fingerprint density at radius 2 is 1.50 bits per heavy atom. The van der Waals surface area contributed by atoms with Crippen LogP contribution in [-0.2, 0) is 0 Å². The summed E-state index contributed by atoms with van der Waals surface area (Å²) < 4.78 is 0. The summed E-state index contributed by atoms with van der Waals surface area (Å²) in [4.78, 5) is 0.696. The van der Waals surface area contributed by atoms with Crippen LogP contribution < -0.4 is 0 Å². The maximum absolute atomic E-state index is 3.74. The lowest BCUT2D eigenvalue weighted by molar-refractivity contribution is 0.337. The van der Waals surface area contributed by atoms with Crippen LogP contribution in [0.25, 0.3) is 0 Å². The van der Waals surface area contributed by atoms with Gasteiger partial charge in [-0.2, -0.15) is 0 Å². The molecule has 0 aliphatic heterocycles. The minimum absolute atomic E-state index is 0.696. The molecule has 0 radical (unpaired) electrons. The van der Waals surface area contributed by atoms with Crippen molar-refractivity contribution in [2.75, 3.05) is 0 Å². The Bertz CT molecular complexity index is 110. The van der Waals surface area contributed by atoms with Crippen molar-refractivity contribution in [1.29, 1.82) is 0 Å². The van der Waals surface area contributed by atoms with Crippen molar-refractivity contribution < 1.29 is 0 Å². The van der Waals surface area contributed by atoms with Crippen molar-refractivity contribution in [1.82, 2.24) is 0 Å². The van der Waals surface area contributed by atoms with Gasteiger partial charge in [-0.15, -0.1) is 0 Å². The molecule has 12 heavy (non-hydrogen) atoms. The Morgan fingerprint density at radius 1 is 1.00 bits per heavy atom. The third kappa shape index (κ3) is 4.49. The standard InChI is InChI=1S/C11H23Br/c1-6-9(4)10(5)7-11(12)8(2)3/h8-11H,6-7H2,1-5H3/t9?,10-,11-/m1/s1. The first-order chi connectivity index (χ1) is 5.49. The summed E-state index contributed by atoms with van der Waals surface area (Å²) in [6.45, 7) is 11.6. The minimum Gasteiger partial charge on any atom is -0.0888 e. The van der Waals surface area contributed by atoms with Crippen molar-refractivity contribution in [2.45, 2.75) is 52.3 Å². The van der Waals surface area contributed by atoms with E-state index in [1.165, 1.54) is 12.8 Å². The molecule has 0 aliphatic rings. The summed E-state index contributed by atoms with van der Waals surface area (Å²) in [6, 6.07) is 0. The summed E-state index contributed by atoms with van der Waals surface area (Å²) in [5.41, 5.74) is 0. The highest BCUT2D eigenvalue weighted by Crippen LogP contribution is 2.26. The molecule has 1 heteroatoms. The summed E-state index contributed by atoms with van der Waals surface area (Å²) in [7, 11) is 0. The molecule has 1 unspecified atom stereocenters. The van der Waals surface area contributed by atoms with Crippen LogP contribution in [0.3, 0.4) is 0 Å². The van der Waals surface area contributed by atoms with Gasteiger partial charge < -0.3 is 0 Å². The molecule has 0 saturated carbocycles. The van der Waals surface area contributed by atoms with Gasteiger partial charge in [0.1, 0.15) is 0 Å². The van der Waals surface area contributed by atoms with Gasteiger partial charge >= 0.3 is 0 Å². The van der Waals surface area contributed by atoms with Crippen LogP contribution in [0.2, 0.25) is 0 Å². The second-order valence-electron chi connectivity index (χ2n) is 4.36. The normalized spacial score (nSPS) is 19.2. The molecule has 0 spiro atoms. The molecule has 0 heterocycles. The lowest BCUT2D eigenvalue weighted by atomic mass is 9.88. The van der Waals surface area contributed by atoms with Crippen LogP contribution in [-0.4, -0.2) is 4.83 Å². The largest absolute Gasteiger partial charge is 0.0888 e. The number of halogens is 1. The summed E-state index contributed by atoms with van der Waals surface area (Å²) in [5.74, 6) is 2.47. The Labute approximate surface area is 86.3 Å². The molecule has 0 saturated heterocycles. The lowest BCUT2D eigenvalue weighted by Crippen LogP contribution is -2.16. The highest BCUT2D eigenvalue weighted by atomic mass is 79.9. The molecule has 0 nitrogen and oxygen atoms in total. The summed E-state index contributed by atoms with van der Waals surface area (Å²) >= 11 is 3.74. The van der Waals surface area contributed by atoms with Crippen LogP contribution in [0.4, 0.5) is 0 Å². The van der Waals surface area contributed by atoms with Crippen molar-refractivity contribution in [3.8, 4) is 0 Å². The van der Waals surface area contributed by atoms with Crippen molar-refractivity contribution in [3.05, 3.63) is 0 Å². The topological polar surface area (TPSA) is 0 Å². The zero-order valence-electron chi connectivity index (χ0n) is 9.10. The van der Waals surface area contributed by atoms with E-state index in [2.05, 4.69) is 50.5 Å². The fourth-order valence-electron chi connectivity index (χ4n) is 1.26. The third-order valence-corrected chi connectivity index (χ3v) is 4.37. The van der Waals surface area contributed by atoms with Gasteiger partial charge in [0.25, 0.3) is 0 Å². The number of hydrogen-bond acceptors (Lipinski definition) is 0. The SMILES string of the molecule is CCC(C)[C@H](C)C[C@@H](Br)C(C)C. The van der Waals surface area contributed by atoms with Crippen molar-refractivity contribution >= 4 is 15.9 Å². The molecule has 0 bridgehead atoms. The van der Waals surface area contributed by atoms with Gasteiger partial charge in [0.15, 0.2) is 0 Å². The maximum atomic E-state index is 3.74. The maximum Gasteiger partial charge on any atom is 0.0171 e. The molecule has 74 valence electrons. The molecular weight excluding hydrogens is 212 g/mol. The van der Waals surface area contributed by atoms with E-state index in [0.29, 0.717) is 4.83 Å². The van der Waals surface area contributed by atoms with E-state index in [4.69, 9.17) is 0 Å². The number of hydrogen-bond donors (Lipinski definition) is 0. The van der Waals surface area contributed by atoms with Crippen LogP contribution in [0.15, 0.2) is 0 Å². The minimum atomic E-state index is 0.696. The Kier molecular flexibility index (Phi) is 6.25. The average molecular weight is 235 g/mol. The van der Waals surface area contributed by atoms with Gasteiger partial charge in [-0.3, -0.25) is 0 Å². The highest BCUT2D eigenvalue weighted by molar-refractivity contribution is 9.09. The Balaban J connectivity index is 3.75. The van der Waals surface area contributed by atoms with Crippen LogP contribution in [0, 0.1) is 17.8 Å². The molecule has 0 N–H and O–H groups in total. The molecule has 0 aromatic heterocycles. The fourth-order valence-corrected chi connectivity index (χ4v) is 1.85. The third-order valence-electron chi connectivity index (χ3n) is 2.94. The molecule has 0 fully saturated rings. The van der Waals surface area contributed by atoms with Gasteiger partial charge in [-0.1, -0.05) is 57.0 Å². The molecular formula is C11H23Br. The Hall–Kier alpha value is 0.480. The van der Waals surface area contributed by atoms with Crippen LogP contribution >= 0.6 is 15.9 Å². The summed E-state index contributed by atoms with van der Waals surface area (Å²) in [5, 5.41) is 0. The first-order valence-corrected chi connectivity index (χ1v) is 6.04. The zero-order valence-corrected chi connectivity index (χ0v) is 10.7. The van der Waals surface area contributed by atoms with E-state index < -0.39 is 0 Å². The van der Waals surface area contributed by atoms with Gasteiger partial charge in [0.2, 0.25) is 0 Å². The van der Waals surface area contributed by atoms with E-state index in [-0.39, 0.29) is 0 Å². The summed E-state index contributed by atoms with van der Waals surface area (Å²) in [6.07, 6.45) is 2.62. The number of rotatable bonds is 5. The smallest absolute Gasteiger partial charge is 0.0171 e. The molecule has 0 amide bonds. The van der Waals surface area contributed by atoms with E-state index in [9.17, 15) is 0 Å². The van der Waals surface area contributed by atoms with E-state index in [1.807, 2.05) is 0 Å². The van der Waals surface area contributed by atoms with Gasteiger partial charge in [-0.25, -0.2) is 0 Å². The second kappa shape index (κ2) is 6.01. The van der Waals surface area contributed by atoms with Gasteiger partial charge in [0, 0.05) is 4.83 Å². The molecule has 3 atom stereocenters. The van der Waals surface area contributed by atoms with Gasteiger partial charge in [-0.05, 0) is 24.2 Å². The first kappa shape index (κ1) is 12.5. The highest BCUT2D eigenvalue weighted by Gasteiger charge is 2.16. The monoisotopic (exact) mass is 234 g/mol. The molecule has 0 rings (SSSR count).